The number of hydrogen-bond donors (Lipinski definition) is 2. The van der Waals surface area contributed by atoms with E-state index >= 15 is 0 Å². The zero-order valence-electron chi connectivity index (χ0n) is 11.6. The highest BCUT2D eigenvalue weighted by atomic mass is 32.2. The van der Waals surface area contributed by atoms with Crippen molar-refractivity contribution in [2.45, 2.75) is 38.1 Å². The molecule has 7 heteroatoms. The van der Waals surface area contributed by atoms with Crippen LogP contribution < -0.4 is 5.32 Å². The minimum absolute atomic E-state index is 0.0464. The summed E-state index contributed by atoms with van der Waals surface area (Å²) in [6.45, 7) is 1.96. The Bertz CT molecular complexity index is 429. The Hall–Kier alpha value is -1.24. The van der Waals surface area contributed by atoms with Gasteiger partial charge in [0.05, 0.1) is 11.6 Å². The molecule has 2 N–H and O–H groups in total. The Morgan fingerprint density at radius 1 is 1.55 bits per heavy atom. The average molecular weight is 300 g/mol. The van der Waals surface area contributed by atoms with Crippen LogP contribution in [0.3, 0.4) is 0 Å². The first-order valence-corrected chi connectivity index (χ1v) is 7.98. The molecular weight excluding hydrogens is 280 g/mol. The fraction of sp³-hybridized carbons (Fsp3) is 0.769. The molecule has 20 heavy (non-hydrogen) atoms. The van der Waals surface area contributed by atoms with E-state index in [4.69, 9.17) is 0 Å². The van der Waals surface area contributed by atoms with Crippen LogP contribution >= 0.6 is 11.8 Å². The normalized spacial score (nSPS) is 30.4. The fourth-order valence-electron chi connectivity index (χ4n) is 2.93. The van der Waals surface area contributed by atoms with Gasteiger partial charge in [-0.3, -0.25) is 9.59 Å². The zero-order chi connectivity index (χ0) is 14.8. The smallest absolute Gasteiger partial charge is 0.329 e. The third-order valence-electron chi connectivity index (χ3n) is 3.95. The molecule has 1 aliphatic heterocycles. The number of aliphatic carboxylic acids is 1. The van der Waals surface area contributed by atoms with Crippen molar-refractivity contribution in [3.63, 3.8) is 0 Å². The number of nitrogens with zero attached hydrogens (tertiary/aromatic N) is 1. The second-order valence-electron chi connectivity index (χ2n) is 5.71. The van der Waals surface area contributed by atoms with Crippen molar-refractivity contribution < 1.29 is 19.5 Å². The number of amides is 2. The molecule has 0 aromatic rings. The first-order valence-electron chi connectivity index (χ1n) is 6.83. The molecule has 2 aliphatic rings. The van der Waals surface area contributed by atoms with Crippen molar-refractivity contribution in [2.24, 2.45) is 5.92 Å². The first-order chi connectivity index (χ1) is 9.43. The van der Waals surface area contributed by atoms with Gasteiger partial charge in [-0.2, -0.15) is 0 Å². The quantitative estimate of drug-likeness (QED) is 0.797. The molecule has 6 nitrogen and oxygen atoms in total. The van der Waals surface area contributed by atoms with Gasteiger partial charge in [0.15, 0.2) is 0 Å². The highest BCUT2D eigenvalue weighted by Crippen LogP contribution is 2.32. The van der Waals surface area contributed by atoms with Gasteiger partial charge in [0.1, 0.15) is 12.1 Å². The van der Waals surface area contributed by atoms with Crippen LogP contribution in [-0.4, -0.2) is 51.5 Å². The van der Waals surface area contributed by atoms with Crippen LogP contribution in [0, 0.1) is 5.92 Å². The molecule has 2 rings (SSSR count). The summed E-state index contributed by atoms with van der Waals surface area (Å²) in [5.74, 6) is -0.232. The van der Waals surface area contributed by atoms with E-state index in [0.717, 1.165) is 12.8 Å². The molecule has 2 unspecified atom stereocenters. The molecule has 0 bridgehead atoms. The van der Waals surface area contributed by atoms with E-state index in [9.17, 15) is 19.5 Å². The minimum Gasteiger partial charge on any atom is -0.480 e. The lowest BCUT2D eigenvalue weighted by Gasteiger charge is -2.37. The summed E-state index contributed by atoms with van der Waals surface area (Å²) in [7, 11) is 0. The summed E-state index contributed by atoms with van der Waals surface area (Å²) in [6.07, 6.45) is 2.70. The van der Waals surface area contributed by atoms with Crippen LogP contribution in [0.15, 0.2) is 0 Å². The molecule has 1 heterocycles. The minimum atomic E-state index is -1.16. The van der Waals surface area contributed by atoms with Crippen molar-refractivity contribution in [3.05, 3.63) is 0 Å². The lowest BCUT2D eigenvalue weighted by molar-refractivity contribution is -0.150. The maximum absolute atomic E-state index is 12.1. The zero-order valence-corrected chi connectivity index (χ0v) is 12.4. The Balaban J connectivity index is 1.99. The second kappa shape index (κ2) is 6.03. The summed E-state index contributed by atoms with van der Waals surface area (Å²) >= 11 is 1.46. The van der Waals surface area contributed by atoms with E-state index in [1.54, 1.807) is 0 Å². The Morgan fingerprint density at radius 2 is 2.30 bits per heavy atom. The van der Waals surface area contributed by atoms with E-state index in [1.165, 1.54) is 16.7 Å². The van der Waals surface area contributed by atoms with Gasteiger partial charge in [-0.1, -0.05) is 19.8 Å². The molecule has 1 saturated carbocycles. The van der Waals surface area contributed by atoms with E-state index in [0.29, 0.717) is 24.5 Å². The third-order valence-corrected chi connectivity index (χ3v) is 4.89. The standard InChI is InChI=1S/C13H20N2O4S/c1-9-3-2-4-13(5-9,12(18)19)14-10(16)6-15-8-20-7-11(15)17/h9H,2-8H2,1H3,(H,14,16)(H,18,19). The predicted molar refractivity (Wildman–Crippen MR) is 75.2 cm³/mol. The number of nitrogens with one attached hydrogen (secondary N) is 1. The molecular formula is C13H20N2O4S. The Labute approximate surface area is 122 Å². The summed E-state index contributed by atoms with van der Waals surface area (Å²) in [5, 5.41) is 12.1. The SMILES string of the molecule is CC1CCCC(NC(=O)CN2CSCC2=O)(C(=O)O)C1. The third kappa shape index (κ3) is 3.26. The van der Waals surface area contributed by atoms with Gasteiger partial charge in [-0.05, 0) is 18.8 Å². The van der Waals surface area contributed by atoms with Crippen LogP contribution in [0.2, 0.25) is 0 Å². The van der Waals surface area contributed by atoms with E-state index in [-0.39, 0.29) is 24.3 Å². The van der Waals surface area contributed by atoms with Gasteiger partial charge in [0.25, 0.3) is 0 Å². The number of carbonyl (C=O) groups is 3. The molecule has 0 aromatic heterocycles. The van der Waals surface area contributed by atoms with Gasteiger partial charge in [-0.25, -0.2) is 4.79 Å². The van der Waals surface area contributed by atoms with E-state index in [1.807, 2.05) is 6.92 Å². The maximum atomic E-state index is 12.1. The van der Waals surface area contributed by atoms with Gasteiger partial charge < -0.3 is 15.3 Å². The van der Waals surface area contributed by atoms with Crippen molar-refractivity contribution in [3.8, 4) is 0 Å². The lowest BCUT2D eigenvalue weighted by Crippen LogP contribution is -2.58. The number of thioether (sulfide) groups is 1. The summed E-state index contributed by atoms with van der Waals surface area (Å²) < 4.78 is 0. The van der Waals surface area contributed by atoms with Crippen LogP contribution in [0.1, 0.15) is 32.6 Å². The number of rotatable bonds is 4. The van der Waals surface area contributed by atoms with Crippen molar-refractivity contribution in [1.29, 1.82) is 0 Å². The molecule has 2 fully saturated rings. The highest BCUT2D eigenvalue weighted by Gasteiger charge is 2.43. The van der Waals surface area contributed by atoms with E-state index in [2.05, 4.69) is 5.32 Å². The van der Waals surface area contributed by atoms with Crippen LogP contribution in [0.5, 0.6) is 0 Å². The predicted octanol–water partition coefficient (Wildman–Crippen LogP) is 0.669. The van der Waals surface area contributed by atoms with Gasteiger partial charge in [-0.15, -0.1) is 11.8 Å². The summed E-state index contributed by atoms with van der Waals surface area (Å²) in [5.41, 5.74) is -1.16. The number of carboxylic acids is 1. The summed E-state index contributed by atoms with van der Waals surface area (Å²) in [6, 6.07) is 0. The highest BCUT2D eigenvalue weighted by molar-refractivity contribution is 8.00. The molecule has 2 amide bonds. The number of carboxylic acid groups (broad SMARTS) is 1. The monoisotopic (exact) mass is 300 g/mol. The maximum Gasteiger partial charge on any atom is 0.329 e. The van der Waals surface area contributed by atoms with Crippen molar-refractivity contribution >= 4 is 29.5 Å². The first kappa shape index (κ1) is 15.2. The Kier molecular flexibility index (Phi) is 4.57. The molecule has 0 radical (unpaired) electrons. The second-order valence-corrected chi connectivity index (χ2v) is 6.66. The molecule has 0 spiro atoms. The van der Waals surface area contributed by atoms with Crippen molar-refractivity contribution in [2.75, 3.05) is 18.2 Å². The fourth-order valence-corrected chi connectivity index (χ4v) is 3.84. The van der Waals surface area contributed by atoms with Gasteiger partial charge in [0.2, 0.25) is 11.8 Å². The topological polar surface area (TPSA) is 86.7 Å². The van der Waals surface area contributed by atoms with Gasteiger partial charge in [0, 0.05) is 0 Å². The Morgan fingerprint density at radius 3 is 2.85 bits per heavy atom. The molecule has 2 atom stereocenters. The van der Waals surface area contributed by atoms with Crippen molar-refractivity contribution in [1.82, 2.24) is 10.2 Å². The van der Waals surface area contributed by atoms with Crippen LogP contribution in [-0.2, 0) is 14.4 Å². The average Bonchev–Trinajstić information content (AvgIpc) is 2.74. The van der Waals surface area contributed by atoms with Crippen LogP contribution in [0.25, 0.3) is 0 Å². The van der Waals surface area contributed by atoms with E-state index < -0.39 is 11.5 Å². The van der Waals surface area contributed by atoms with Gasteiger partial charge >= 0.3 is 5.97 Å². The molecule has 0 aromatic carbocycles. The lowest BCUT2D eigenvalue weighted by atomic mass is 9.76. The molecule has 1 saturated heterocycles. The largest absolute Gasteiger partial charge is 0.480 e. The molecule has 1 aliphatic carbocycles. The molecule has 112 valence electrons. The number of carbonyl (C=O) groups excluding carboxylic acids is 2. The summed E-state index contributed by atoms with van der Waals surface area (Å²) in [4.78, 5) is 36.5. The van der Waals surface area contributed by atoms with Crippen LogP contribution in [0.4, 0.5) is 0 Å². The number of hydrogen-bond acceptors (Lipinski definition) is 4.